The Kier molecular flexibility index (Phi) is 37.5. The molecule has 2 aliphatic rings. The summed E-state index contributed by atoms with van der Waals surface area (Å²) in [6.45, 7) is 0.918. The van der Waals surface area contributed by atoms with Gasteiger partial charge in [0.1, 0.15) is 24.4 Å². The van der Waals surface area contributed by atoms with Crippen molar-refractivity contribution in [1.29, 1.82) is 0 Å². The fraction of sp³-hybridized carbons (Fsp3) is 0.782. The molecule has 482 valence electrons. The first kappa shape index (κ1) is 73.5. The molecule has 2 saturated heterocycles. The summed E-state index contributed by atoms with van der Waals surface area (Å²) < 4.78 is 106. The minimum atomic E-state index is -2.36. The van der Waals surface area contributed by atoms with Crippen LogP contribution in [0.3, 0.4) is 0 Å². The fourth-order valence-corrected chi connectivity index (χ4v) is 8.66. The summed E-state index contributed by atoms with van der Waals surface area (Å²) in [7, 11) is 0. The summed E-state index contributed by atoms with van der Waals surface area (Å²) in [6.07, 6.45) is 0.866. The van der Waals surface area contributed by atoms with Gasteiger partial charge in [0.05, 0.1) is 57.9 Å². The van der Waals surface area contributed by atoms with Crippen LogP contribution in [0.2, 0.25) is 0 Å². The Labute approximate surface area is 485 Å². The Morgan fingerprint density at radius 3 is 1.23 bits per heavy atom. The van der Waals surface area contributed by atoms with Crippen molar-refractivity contribution in [3.05, 3.63) is 29.1 Å². The molecule has 0 aromatic heterocycles. The highest BCUT2D eigenvalue weighted by Crippen LogP contribution is 2.30. The van der Waals surface area contributed by atoms with Crippen LogP contribution in [0.4, 0.5) is 22.0 Å². The summed E-state index contributed by atoms with van der Waals surface area (Å²) >= 11 is 0. The number of rotatable bonds is 45. The zero-order chi connectivity index (χ0) is 61.7. The van der Waals surface area contributed by atoms with E-state index < -0.39 is 109 Å². The Hall–Kier alpha value is -4.79. The number of carbonyl (C=O) groups excluding carboxylic acids is 6. The van der Waals surface area contributed by atoms with Crippen molar-refractivity contribution in [3.8, 4) is 5.75 Å². The first-order valence-electron chi connectivity index (χ1n) is 29.1. The molecule has 0 aliphatic carbocycles. The van der Waals surface area contributed by atoms with Crippen LogP contribution < -0.4 is 31.3 Å². The van der Waals surface area contributed by atoms with Crippen LogP contribution in [-0.2, 0) is 57.2 Å². The molecule has 5 amide bonds. The molecular formula is C55H88F5N5O19. The van der Waals surface area contributed by atoms with Crippen LogP contribution in [0, 0.1) is 29.1 Å². The SMILES string of the molecule is O=C(CCCCO[C@H]1C[C@@H](O)[C@@H](O)[C@@H](CO)O1)NCCCNC(=O)CCOCC(COCCC(=O)NCCCNC(=O)CCCCO[C@H]1C[C@@H](O)[C@@H](O)[C@@H](CO)O1)NC(=O)CCCCCCCCCCC(=O)Oc1c(F)c(F)c(F)c(F)c1F. The van der Waals surface area contributed by atoms with E-state index in [0.29, 0.717) is 84.0 Å². The number of hydrogen-bond acceptors (Lipinski definition) is 19. The third kappa shape index (κ3) is 30.0. The maximum absolute atomic E-state index is 13.8. The van der Waals surface area contributed by atoms with Crippen LogP contribution in [0.5, 0.6) is 5.75 Å². The number of hydrogen-bond donors (Lipinski definition) is 11. The maximum Gasteiger partial charge on any atom is 0.311 e. The van der Waals surface area contributed by atoms with E-state index in [4.69, 9.17) is 28.4 Å². The highest BCUT2D eigenvalue weighted by atomic mass is 19.2. The van der Waals surface area contributed by atoms with Crippen molar-refractivity contribution >= 4 is 35.5 Å². The van der Waals surface area contributed by atoms with Crippen molar-refractivity contribution in [2.24, 2.45) is 0 Å². The molecule has 0 spiro atoms. The fourth-order valence-electron chi connectivity index (χ4n) is 8.66. The summed E-state index contributed by atoms with van der Waals surface area (Å²) in [5.74, 6) is -15.2. The number of carbonyl (C=O) groups is 6. The number of halogens is 5. The van der Waals surface area contributed by atoms with Gasteiger partial charge in [-0.25, -0.2) is 13.2 Å². The van der Waals surface area contributed by atoms with Gasteiger partial charge in [-0.15, -0.1) is 0 Å². The van der Waals surface area contributed by atoms with Crippen LogP contribution in [0.25, 0.3) is 0 Å². The minimum absolute atomic E-state index is 0.00151. The maximum atomic E-state index is 13.8. The molecule has 84 heavy (non-hydrogen) atoms. The van der Waals surface area contributed by atoms with E-state index in [1.165, 1.54) is 0 Å². The molecule has 2 fully saturated rings. The number of aliphatic hydroxyl groups is 6. The van der Waals surface area contributed by atoms with E-state index in [2.05, 4.69) is 31.3 Å². The largest absolute Gasteiger partial charge is 0.420 e. The van der Waals surface area contributed by atoms with Gasteiger partial charge < -0.3 is 90.4 Å². The van der Waals surface area contributed by atoms with Gasteiger partial charge >= 0.3 is 5.97 Å². The standard InChI is InChI=1S/C55H88F5N5O19/c56-48-49(57)51(59)55(52(60)50(48)58)84-45(75)18-8-6-4-2-1-3-5-7-17-44(74)65-35(33-78-27-19-42(72)63-23-13-21-61-40(70)15-9-11-25-80-46-29-36(68)53(76)38(31-66)82-46)34-79-28-20-43(73)64-24-14-22-62-41(71)16-10-12-26-81-47-30-37(69)54(77)39(32-67)83-47/h35-39,46-47,53-54,66-69,76-77H,1-34H2,(H,61,70)(H,62,71)(H,63,72)(H,64,73)(H,65,74)/t36-,37-,38-,39-,46-,47-,53-,54-/m1/s1. The molecule has 1 aromatic carbocycles. The molecular weight excluding hydrogens is 1130 g/mol. The minimum Gasteiger partial charge on any atom is -0.420 e. The van der Waals surface area contributed by atoms with Crippen molar-refractivity contribution in [2.45, 2.75) is 197 Å². The van der Waals surface area contributed by atoms with Crippen LogP contribution >= 0.6 is 0 Å². The average molecular weight is 1220 g/mol. The molecule has 2 heterocycles. The molecule has 8 atom stereocenters. The lowest BCUT2D eigenvalue weighted by molar-refractivity contribution is -0.257. The van der Waals surface area contributed by atoms with Crippen LogP contribution in [0.15, 0.2) is 0 Å². The van der Waals surface area contributed by atoms with E-state index in [1.54, 1.807) is 0 Å². The number of amides is 5. The van der Waals surface area contributed by atoms with Gasteiger partial charge in [0.25, 0.3) is 0 Å². The van der Waals surface area contributed by atoms with Gasteiger partial charge in [-0.1, -0.05) is 38.5 Å². The average Bonchev–Trinajstić information content (AvgIpc) is 3.67. The summed E-state index contributed by atoms with van der Waals surface area (Å²) in [5.41, 5.74) is 0. The smallest absolute Gasteiger partial charge is 0.311 e. The number of benzene rings is 1. The number of aliphatic hydroxyl groups excluding tert-OH is 6. The molecule has 0 radical (unpaired) electrons. The molecule has 24 nitrogen and oxygen atoms in total. The van der Waals surface area contributed by atoms with E-state index in [0.717, 1.165) is 25.7 Å². The third-order valence-corrected chi connectivity index (χ3v) is 13.5. The molecule has 29 heteroatoms. The highest BCUT2D eigenvalue weighted by Gasteiger charge is 2.38. The Morgan fingerprint density at radius 1 is 0.452 bits per heavy atom. The Bertz CT molecular complexity index is 2000. The third-order valence-electron chi connectivity index (χ3n) is 13.5. The molecule has 11 N–H and O–H groups in total. The monoisotopic (exact) mass is 1220 g/mol. The van der Waals surface area contributed by atoms with Gasteiger partial charge in [0.2, 0.25) is 64.4 Å². The summed E-state index contributed by atoms with van der Waals surface area (Å²) in [5, 5.41) is 72.0. The van der Waals surface area contributed by atoms with Crippen molar-refractivity contribution in [3.63, 3.8) is 0 Å². The molecule has 2 aliphatic heterocycles. The zero-order valence-electron chi connectivity index (χ0n) is 47.6. The molecule has 0 saturated carbocycles. The second kappa shape index (κ2) is 42.9. The lowest BCUT2D eigenvalue weighted by Crippen LogP contribution is -2.50. The van der Waals surface area contributed by atoms with E-state index in [-0.39, 0.29) is 127 Å². The van der Waals surface area contributed by atoms with E-state index in [9.17, 15) is 81.4 Å². The van der Waals surface area contributed by atoms with Crippen LogP contribution in [0.1, 0.15) is 141 Å². The predicted octanol–water partition coefficient (Wildman–Crippen LogP) is 1.76. The number of nitrogens with one attached hydrogen (secondary N) is 5. The molecule has 3 rings (SSSR count). The normalized spacial score (nSPS) is 20.6. The second-order valence-corrected chi connectivity index (χ2v) is 20.5. The predicted molar refractivity (Wildman–Crippen MR) is 286 cm³/mol. The molecule has 0 unspecified atom stereocenters. The lowest BCUT2D eigenvalue weighted by Gasteiger charge is -2.36. The van der Waals surface area contributed by atoms with Gasteiger partial charge in [-0.05, 0) is 51.4 Å². The second-order valence-electron chi connectivity index (χ2n) is 20.5. The van der Waals surface area contributed by atoms with Crippen molar-refractivity contribution in [2.75, 3.05) is 79.0 Å². The first-order valence-corrected chi connectivity index (χ1v) is 29.1. The lowest BCUT2D eigenvalue weighted by atomic mass is 10.0. The zero-order valence-corrected chi connectivity index (χ0v) is 47.6. The summed E-state index contributed by atoms with van der Waals surface area (Å²) in [4.78, 5) is 74.5. The number of unbranched alkanes of at least 4 members (excludes halogenated alkanes) is 9. The highest BCUT2D eigenvalue weighted by molar-refractivity contribution is 5.77. The Balaban J connectivity index is 1.27. The number of ether oxygens (including phenoxy) is 7. The summed E-state index contributed by atoms with van der Waals surface area (Å²) in [6, 6.07) is -0.617. The molecule has 0 bridgehead atoms. The van der Waals surface area contributed by atoms with Gasteiger partial charge in [0.15, 0.2) is 12.6 Å². The van der Waals surface area contributed by atoms with Crippen molar-refractivity contribution < 1.29 is 115 Å². The van der Waals surface area contributed by atoms with Crippen molar-refractivity contribution in [1.82, 2.24) is 26.6 Å². The van der Waals surface area contributed by atoms with E-state index >= 15 is 0 Å². The van der Waals surface area contributed by atoms with Crippen LogP contribution in [-0.4, -0.2) is 200 Å². The van der Waals surface area contributed by atoms with Gasteiger partial charge in [0, 0.05) is 90.8 Å². The van der Waals surface area contributed by atoms with Gasteiger partial charge in [-0.3, -0.25) is 28.8 Å². The molecule has 1 aromatic rings. The quantitative estimate of drug-likeness (QED) is 0.0111. The van der Waals surface area contributed by atoms with E-state index in [1.807, 2.05) is 0 Å². The van der Waals surface area contributed by atoms with Gasteiger partial charge in [-0.2, -0.15) is 8.78 Å². The number of esters is 1. The first-order chi connectivity index (χ1) is 40.3. The topological polar surface area (TPSA) is 349 Å². The Morgan fingerprint density at radius 2 is 0.810 bits per heavy atom.